The largest absolute Gasteiger partial charge is 0.497 e. The molecule has 1 aromatic heterocycles. The van der Waals surface area contributed by atoms with Crippen molar-refractivity contribution in [2.45, 2.75) is 12.5 Å². The molecule has 0 aliphatic carbocycles. The predicted molar refractivity (Wildman–Crippen MR) is 71.4 cm³/mol. The van der Waals surface area contributed by atoms with Crippen LogP contribution in [0.4, 0.5) is 0 Å². The second kappa shape index (κ2) is 5.75. The summed E-state index contributed by atoms with van der Waals surface area (Å²) in [7, 11) is 5.03. The lowest BCUT2D eigenvalue weighted by Crippen LogP contribution is -2.04. The summed E-state index contributed by atoms with van der Waals surface area (Å²) in [6.07, 6.45) is 3.46. The van der Waals surface area contributed by atoms with E-state index in [4.69, 9.17) is 9.47 Å². The minimum absolute atomic E-state index is 0.483. The average Bonchev–Trinajstić information content (AvgIpc) is 2.83. The average molecular weight is 262 g/mol. The molecular weight excluding hydrogens is 244 g/mol. The number of rotatable bonds is 5. The van der Waals surface area contributed by atoms with Crippen molar-refractivity contribution in [2.24, 2.45) is 7.05 Å². The quantitative estimate of drug-likeness (QED) is 0.891. The minimum Gasteiger partial charge on any atom is -0.497 e. The molecule has 1 heterocycles. The van der Waals surface area contributed by atoms with Crippen LogP contribution in [0, 0.1) is 0 Å². The number of hydrogen-bond donors (Lipinski definition) is 1. The maximum atomic E-state index is 10.3. The Balaban J connectivity index is 2.23. The summed E-state index contributed by atoms with van der Waals surface area (Å²) in [5.74, 6) is 1.35. The highest BCUT2D eigenvalue weighted by Crippen LogP contribution is 2.31. The van der Waals surface area contributed by atoms with Crippen LogP contribution in [0.5, 0.6) is 11.5 Å². The summed E-state index contributed by atoms with van der Waals surface area (Å²) in [6, 6.07) is 5.39. The lowest BCUT2D eigenvalue weighted by molar-refractivity contribution is 0.173. The van der Waals surface area contributed by atoms with E-state index >= 15 is 0 Å². The fourth-order valence-corrected chi connectivity index (χ4v) is 2.01. The van der Waals surface area contributed by atoms with E-state index in [-0.39, 0.29) is 0 Å². The lowest BCUT2D eigenvalue weighted by Gasteiger charge is -2.15. The Morgan fingerprint density at radius 2 is 2.11 bits per heavy atom. The van der Waals surface area contributed by atoms with Gasteiger partial charge in [-0.25, -0.2) is 0 Å². The number of methoxy groups -OCH3 is 2. The van der Waals surface area contributed by atoms with Crippen LogP contribution in [-0.2, 0) is 13.5 Å². The van der Waals surface area contributed by atoms with Gasteiger partial charge in [0.15, 0.2) is 0 Å². The topological polar surface area (TPSA) is 56.5 Å². The van der Waals surface area contributed by atoms with Crippen LogP contribution in [0.25, 0.3) is 0 Å². The van der Waals surface area contributed by atoms with Gasteiger partial charge in [-0.2, -0.15) is 5.10 Å². The minimum atomic E-state index is -0.658. The molecule has 0 bridgehead atoms. The number of aliphatic hydroxyl groups is 1. The number of ether oxygens (including phenoxy) is 2. The molecule has 5 heteroatoms. The number of aromatic nitrogens is 2. The van der Waals surface area contributed by atoms with Crippen LogP contribution in [0.1, 0.15) is 17.2 Å². The van der Waals surface area contributed by atoms with E-state index in [1.54, 1.807) is 43.3 Å². The molecule has 0 spiro atoms. The third-order valence-corrected chi connectivity index (χ3v) is 2.98. The Morgan fingerprint density at radius 3 is 2.68 bits per heavy atom. The van der Waals surface area contributed by atoms with E-state index < -0.39 is 6.10 Å². The number of nitrogens with zero attached hydrogens (tertiary/aromatic N) is 2. The molecule has 1 aromatic carbocycles. The van der Waals surface area contributed by atoms with Gasteiger partial charge in [0.2, 0.25) is 0 Å². The first-order chi connectivity index (χ1) is 9.13. The van der Waals surface area contributed by atoms with E-state index in [1.165, 1.54) is 0 Å². The van der Waals surface area contributed by atoms with E-state index in [9.17, 15) is 5.11 Å². The first-order valence-electron chi connectivity index (χ1n) is 6.01. The standard InChI is InChI=1S/C14H18N2O3/c1-16-9-10(8-15-16)6-13(17)12-7-11(18-2)4-5-14(12)19-3/h4-5,7-9,13,17H,6H2,1-3H3. The van der Waals surface area contributed by atoms with Crippen molar-refractivity contribution in [3.63, 3.8) is 0 Å². The first kappa shape index (κ1) is 13.4. The first-order valence-corrected chi connectivity index (χ1v) is 6.01. The van der Waals surface area contributed by atoms with Crippen LogP contribution < -0.4 is 9.47 Å². The molecule has 2 aromatic rings. The van der Waals surface area contributed by atoms with Crippen LogP contribution in [-0.4, -0.2) is 29.1 Å². The molecule has 19 heavy (non-hydrogen) atoms. The van der Waals surface area contributed by atoms with Crippen LogP contribution in [0.2, 0.25) is 0 Å². The zero-order chi connectivity index (χ0) is 13.8. The van der Waals surface area contributed by atoms with Crippen molar-refractivity contribution in [2.75, 3.05) is 14.2 Å². The highest BCUT2D eigenvalue weighted by molar-refractivity contribution is 5.42. The SMILES string of the molecule is COc1ccc(OC)c(C(O)Cc2cnn(C)c2)c1. The van der Waals surface area contributed by atoms with E-state index in [2.05, 4.69) is 5.10 Å². The molecule has 1 atom stereocenters. The highest BCUT2D eigenvalue weighted by Gasteiger charge is 2.15. The van der Waals surface area contributed by atoms with Crippen LogP contribution in [0.3, 0.4) is 0 Å². The molecule has 0 saturated carbocycles. The van der Waals surface area contributed by atoms with Gasteiger partial charge in [-0.3, -0.25) is 4.68 Å². The Bertz CT molecular complexity index is 551. The fraction of sp³-hybridized carbons (Fsp3) is 0.357. The summed E-state index contributed by atoms with van der Waals surface area (Å²) in [6.45, 7) is 0. The predicted octanol–water partition coefficient (Wildman–Crippen LogP) is 1.71. The Kier molecular flexibility index (Phi) is 4.06. The maximum Gasteiger partial charge on any atom is 0.124 e. The molecule has 0 fully saturated rings. The van der Waals surface area contributed by atoms with Crippen LogP contribution >= 0.6 is 0 Å². The van der Waals surface area contributed by atoms with Gasteiger partial charge in [0, 0.05) is 25.2 Å². The van der Waals surface area contributed by atoms with Gasteiger partial charge < -0.3 is 14.6 Å². The third kappa shape index (κ3) is 3.06. The Labute approximate surface area is 112 Å². The van der Waals surface area contributed by atoms with Gasteiger partial charge >= 0.3 is 0 Å². The molecule has 2 rings (SSSR count). The lowest BCUT2D eigenvalue weighted by atomic mass is 10.0. The zero-order valence-corrected chi connectivity index (χ0v) is 11.3. The van der Waals surface area contributed by atoms with E-state index in [1.807, 2.05) is 13.2 Å². The van der Waals surface area contributed by atoms with Crippen molar-refractivity contribution >= 4 is 0 Å². The van der Waals surface area contributed by atoms with Crippen molar-refractivity contribution in [3.8, 4) is 11.5 Å². The molecule has 0 saturated heterocycles. The second-order valence-electron chi connectivity index (χ2n) is 4.35. The molecule has 0 aliphatic rings. The van der Waals surface area contributed by atoms with Crippen LogP contribution in [0.15, 0.2) is 30.6 Å². The summed E-state index contributed by atoms with van der Waals surface area (Å²) in [5.41, 5.74) is 1.69. The molecule has 1 unspecified atom stereocenters. The fourth-order valence-electron chi connectivity index (χ4n) is 2.01. The monoisotopic (exact) mass is 262 g/mol. The second-order valence-corrected chi connectivity index (χ2v) is 4.35. The molecule has 0 amide bonds. The number of benzene rings is 1. The van der Waals surface area contributed by atoms with E-state index in [0.717, 1.165) is 5.56 Å². The van der Waals surface area contributed by atoms with Crippen molar-refractivity contribution in [1.82, 2.24) is 9.78 Å². The molecular formula is C14H18N2O3. The van der Waals surface area contributed by atoms with Crippen molar-refractivity contribution < 1.29 is 14.6 Å². The van der Waals surface area contributed by atoms with Gasteiger partial charge in [0.25, 0.3) is 0 Å². The van der Waals surface area contributed by atoms with Gasteiger partial charge in [0.05, 0.1) is 26.5 Å². The van der Waals surface area contributed by atoms with Gasteiger partial charge in [-0.1, -0.05) is 0 Å². The normalized spacial score (nSPS) is 12.2. The Hall–Kier alpha value is -2.01. The molecule has 5 nitrogen and oxygen atoms in total. The highest BCUT2D eigenvalue weighted by atomic mass is 16.5. The third-order valence-electron chi connectivity index (χ3n) is 2.98. The molecule has 1 N–H and O–H groups in total. The zero-order valence-electron chi connectivity index (χ0n) is 11.3. The Morgan fingerprint density at radius 1 is 1.32 bits per heavy atom. The smallest absolute Gasteiger partial charge is 0.124 e. The molecule has 102 valence electrons. The van der Waals surface area contributed by atoms with Gasteiger partial charge in [-0.05, 0) is 23.8 Å². The summed E-state index contributed by atoms with van der Waals surface area (Å²) < 4.78 is 12.2. The number of aryl methyl sites for hydroxylation is 1. The molecule has 0 radical (unpaired) electrons. The van der Waals surface area contributed by atoms with Gasteiger partial charge in [-0.15, -0.1) is 0 Å². The van der Waals surface area contributed by atoms with E-state index in [0.29, 0.717) is 23.5 Å². The number of hydrogen-bond acceptors (Lipinski definition) is 4. The maximum absolute atomic E-state index is 10.3. The summed E-state index contributed by atoms with van der Waals surface area (Å²) in [5, 5.41) is 14.4. The molecule has 0 aliphatic heterocycles. The van der Waals surface area contributed by atoms with Crippen molar-refractivity contribution in [1.29, 1.82) is 0 Å². The summed E-state index contributed by atoms with van der Waals surface area (Å²) in [4.78, 5) is 0. The summed E-state index contributed by atoms with van der Waals surface area (Å²) >= 11 is 0. The van der Waals surface area contributed by atoms with Crippen molar-refractivity contribution in [3.05, 3.63) is 41.7 Å². The number of aliphatic hydroxyl groups excluding tert-OH is 1. The van der Waals surface area contributed by atoms with Gasteiger partial charge in [0.1, 0.15) is 11.5 Å².